The summed E-state index contributed by atoms with van der Waals surface area (Å²) in [6, 6.07) is 8.22. The number of aryl methyl sites for hydroxylation is 2. The topological polar surface area (TPSA) is 50.4 Å². The summed E-state index contributed by atoms with van der Waals surface area (Å²) in [6.45, 7) is 15.9. The molecule has 5 heteroatoms. The maximum atomic E-state index is 5.51. The molecule has 0 amide bonds. The Hall–Kier alpha value is -2.27. The van der Waals surface area contributed by atoms with Crippen molar-refractivity contribution in [1.29, 1.82) is 0 Å². The van der Waals surface area contributed by atoms with Crippen molar-refractivity contribution in [2.24, 2.45) is 4.99 Å². The van der Waals surface area contributed by atoms with Crippen molar-refractivity contribution >= 4 is 23.2 Å². The summed E-state index contributed by atoms with van der Waals surface area (Å²) in [7, 11) is 0. The second-order valence-electron chi connectivity index (χ2n) is 6.45. The van der Waals surface area contributed by atoms with E-state index in [9.17, 15) is 0 Å². The van der Waals surface area contributed by atoms with E-state index in [0.717, 1.165) is 45.8 Å². The van der Waals surface area contributed by atoms with E-state index in [1.54, 1.807) is 18.0 Å². The highest BCUT2D eigenvalue weighted by Gasteiger charge is 2.02. The second kappa shape index (κ2) is 12.2. The van der Waals surface area contributed by atoms with Gasteiger partial charge in [-0.2, -0.15) is 0 Å². The van der Waals surface area contributed by atoms with Gasteiger partial charge in [-0.1, -0.05) is 25.6 Å². The number of nitrogens with one attached hydrogen (secondary N) is 1. The second-order valence-corrected chi connectivity index (χ2v) is 7.67. The van der Waals surface area contributed by atoms with E-state index in [4.69, 9.17) is 4.42 Å². The average Bonchev–Trinajstić information content (AvgIpc) is 3.06. The summed E-state index contributed by atoms with van der Waals surface area (Å²) in [4.78, 5) is 9.61. The van der Waals surface area contributed by atoms with Crippen LogP contribution < -0.4 is 5.32 Å². The van der Waals surface area contributed by atoms with E-state index in [-0.39, 0.29) is 0 Å². The molecule has 1 aromatic heterocycles. The van der Waals surface area contributed by atoms with Gasteiger partial charge in [0.2, 0.25) is 5.89 Å². The number of benzene rings is 1. The Morgan fingerprint density at radius 1 is 1.30 bits per heavy atom. The first kappa shape index (κ1) is 22.8. The molecule has 0 bridgehead atoms. The van der Waals surface area contributed by atoms with Crippen LogP contribution in [-0.2, 0) is 12.2 Å². The maximum Gasteiger partial charge on any atom is 0.204 e. The standard InChI is InChI=1S/C12H18N2OS.C10H13N/c1-5-11-7-14-12(15-11)8-16-10(4)6-13-9(2)3;1-8(2)11-10-6-4-5-9(3)7-10/h6-7H,5,8H2,1-4H3;4-7,11H,1H2,2-3H3/b10-6+;. The number of hydrogen-bond acceptors (Lipinski definition) is 5. The average molecular weight is 386 g/mol. The quantitative estimate of drug-likeness (QED) is 0.535. The molecule has 1 aromatic carbocycles. The van der Waals surface area contributed by atoms with E-state index in [1.807, 2.05) is 46.0 Å². The Kier molecular flexibility index (Phi) is 10.3. The van der Waals surface area contributed by atoms with Crippen LogP contribution in [0, 0.1) is 6.92 Å². The van der Waals surface area contributed by atoms with Crippen molar-refractivity contribution in [1.82, 2.24) is 4.98 Å². The zero-order chi connectivity index (χ0) is 20.2. The van der Waals surface area contributed by atoms with Gasteiger partial charge in [-0.25, -0.2) is 4.98 Å². The van der Waals surface area contributed by atoms with Crippen LogP contribution in [0.25, 0.3) is 0 Å². The number of rotatable bonds is 7. The molecule has 4 nitrogen and oxygen atoms in total. The normalized spacial score (nSPS) is 10.7. The molecule has 0 spiro atoms. The number of nitrogens with zero attached hydrogens (tertiary/aromatic N) is 2. The van der Waals surface area contributed by atoms with Gasteiger partial charge in [0.25, 0.3) is 0 Å². The molecule has 0 saturated carbocycles. The number of allylic oxidation sites excluding steroid dienone is 2. The number of anilines is 1. The van der Waals surface area contributed by atoms with Gasteiger partial charge in [0, 0.05) is 34.6 Å². The van der Waals surface area contributed by atoms with Crippen molar-refractivity contribution in [3.63, 3.8) is 0 Å². The largest absolute Gasteiger partial charge is 0.445 e. The highest BCUT2D eigenvalue weighted by atomic mass is 32.2. The monoisotopic (exact) mass is 385 g/mol. The van der Waals surface area contributed by atoms with Crippen LogP contribution in [0.3, 0.4) is 0 Å². The van der Waals surface area contributed by atoms with Crippen LogP contribution >= 0.6 is 11.8 Å². The van der Waals surface area contributed by atoms with Crippen LogP contribution in [0.1, 0.15) is 51.8 Å². The molecule has 0 aliphatic heterocycles. The number of oxazole rings is 1. The van der Waals surface area contributed by atoms with Gasteiger partial charge in [-0.05, 0) is 52.3 Å². The van der Waals surface area contributed by atoms with Crippen molar-refractivity contribution in [3.05, 3.63) is 71.1 Å². The Balaban J connectivity index is 0.000000289. The number of aromatic nitrogens is 1. The number of thioether (sulfide) groups is 1. The summed E-state index contributed by atoms with van der Waals surface area (Å²) < 4.78 is 5.51. The van der Waals surface area contributed by atoms with Crippen molar-refractivity contribution < 1.29 is 4.42 Å². The van der Waals surface area contributed by atoms with Crippen molar-refractivity contribution in [2.45, 2.75) is 53.7 Å². The molecule has 1 N–H and O–H groups in total. The Morgan fingerprint density at radius 2 is 2.04 bits per heavy atom. The summed E-state index contributed by atoms with van der Waals surface area (Å²) in [5.74, 6) is 2.49. The smallest absolute Gasteiger partial charge is 0.204 e. The fraction of sp³-hybridized carbons (Fsp3) is 0.364. The first-order valence-corrected chi connectivity index (χ1v) is 10.0. The summed E-state index contributed by atoms with van der Waals surface area (Å²) in [6.07, 6.45) is 4.57. The third-order valence-electron chi connectivity index (χ3n) is 3.25. The van der Waals surface area contributed by atoms with Gasteiger partial charge in [0.05, 0.1) is 11.9 Å². The summed E-state index contributed by atoms with van der Waals surface area (Å²) >= 11 is 1.69. The zero-order valence-electron chi connectivity index (χ0n) is 17.3. The van der Waals surface area contributed by atoms with Gasteiger partial charge in [-0.3, -0.25) is 4.99 Å². The fourth-order valence-corrected chi connectivity index (χ4v) is 2.59. The highest BCUT2D eigenvalue weighted by Crippen LogP contribution is 2.20. The lowest BCUT2D eigenvalue weighted by Crippen LogP contribution is -1.92. The molecule has 27 heavy (non-hydrogen) atoms. The van der Waals surface area contributed by atoms with E-state index < -0.39 is 0 Å². The zero-order valence-corrected chi connectivity index (χ0v) is 18.1. The lowest BCUT2D eigenvalue weighted by molar-refractivity contribution is 0.476. The molecular weight excluding hydrogens is 354 g/mol. The third-order valence-corrected chi connectivity index (χ3v) is 4.21. The Morgan fingerprint density at radius 3 is 2.59 bits per heavy atom. The highest BCUT2D eigenvalue weighted by molar-refractivity contribution is 8.02. The minimum atomic E-state index is 0.764. The van der Waals surface area contributed by atoms with E-state index in [2.05, 4.69) is 47.9 Å². The third kappa shape index (κ3) is 10.5. The molecule has 2 aromatic rings. The molecule has 0 unspecified atom stereocenters. The summed E-state index contributed by atoms with van der Waals surface area (Å²) in [5.41, 5.74) is 4.40. The molecule has 0 fully saturated rings. The minimum Gasteiger partial charge on any atom is -0.445 e. The first-order valence-electron chi connectivity index (χ1n) is 9.03. The van der Waals surface area contributed by atoms with Crippen molar-refractivity contribution in [2.75, 3.05) is 5.32 Å². The SMILES string of the molecule is C=C(C)Nc1cccc(C)c1.CCc1cnc(CS/C(C)=C/N=C(C)C)o1. The molecule has 0 atom stereocenters. The van der Waals surface area contributed by atoms with Crippen molar-refractivity contribution in [3.8, 4) is 0 Å². The van der Waals surface area contributed by atoms with Crippen LogP contribution in [0.5, 0.6) is 0 Å². The first-order chi connectivity index (χ1) is 12.8. The molecule has 0 radical (unpaired) electrons. The summed E-state index contributed by atoms with van der Waals surface area (Å²) in [5, 5.41) is 3.15. The predicted octanol–water partition coefficient (Wildman–Crippen LogP) is 6.75. The van der Waals surface area contributed by atoms with E-state index in [1.165, 1.54) is 5.56 Å². The van der Waals surface area contributed by atoms with Gasteiger partial charge >= 0.3 is 0 Å². The van der Waals surface area contributed by atoms with Gasteiger partial charge in [0.15, 0.2) is 0 Å². The molecule has 1 heterocycles. The Bertz CT molecular complexity index is 786. The lowest BCUT2D eigenvalue weighted by atomic mass is 10.2. The van der Waals surface area contributed by atoms with E-state index >= 15 is 0 Å². The van der Waals surface area contributed by atoms with Crippen LogP contribution in [-0.4, -0.2) is 10.7 Å². The molecular formula is C22H31N3OS. The fourth-order valence-electron chi connectivity index (χ4n) is 1.98. The van der Waals surface area contributed by atoms with Gasteiger partial charge in [0.1, 0.15) is 5.76 Å². The molecule has 0 saturated heterocycles. The van der Waals surface area contributed by atoms with E-state index in [0.29, 0.717) is 0 Å². The number of aliphatic imine (C=N–C) groups is 1. The van der Waals surface area contributed by atoms with Crippen LogP contribution in [0.4, 0.5) is 5.69 Å². The minimum absolute atomic E-state index is 0.764. The predicted molar refractivity (Wildman–Crippen MR) is 119 cm³/mol. The van der Waals surface area contributed by atoms with Gasteiger partial charge < -0.3 is 9.73 Å². The molecule has 0 aliphatic carbocycles. The molecule has 0 aliphatic rings. The Labute approximate surface area is 167 Å². The molecule has 146 valence electrons. The molecule has 2 rings (SSSR count). The maximum absolute atomic E-state index is 5.51. The van der Waals surface area contributed by atoms with Crippen LogP contribution in [0.2, 0.25) is 0 Å². The van der Waals surface area contributed by atoms with Gasteiger partial charge in [-0.15, -0.1) is 11.8 Å². The van der Waals surface area contributed by atoms with Crippen LogP contribution in [0.15, 0.2) is 63.3 Å². The lowest BCUT2D eigenvalue weighted by Gasteiger charge is -2.04. The number of hydrogen-bond donors (Lipinski definition) is 1.